The summed E-state index contributed by atoms with van der Waals surface area (Å²) in [6.45, 7) is 1.99. The van der Waals surface area contributed by atoms with Crippen LogP contribution >= 0.6 is 0 Å². The van der Waals surface area contributed by atoms with Crippen molar-refractivity contribution in [1.29, 1.82) is 0 Å². The number of hydrogen-bond donors (Lipinski definition) is 3. The maximum Gasteiger partial charge on any atom is 0.240 e. The van der Waals surface area contributed by atoms with E-state index in [-0.39, 0.29) is 5.91 Å². The van der Waals surface area contributed by atoms with Gasteiger partial charge in [-0.15, -0.1) is 0 Å². The van der Waals surface area contributed by atoms with E-state index >= 15 is 0 Å². The molecule has 1 aliphatic heterocycles. The number of anilines is 1. The average molecular weight is 345 g/mol. The first-order valence-corrected chi connectivity index (χ1v) is 8.82. The Balaban J connectivity index is 1.28. The lowest BCUT2D eigenvalue weighted by Crippen LogP contribution is -2.37. The van der Waals surface area contributed by atoms with Crippen molar-refractivity contribution in [3.05, 3.63) is 59.8 Å². The van der Waals surface area contributed by atoms with E-state index in [0.717, 1.165) is 30.5 Å². The number of aromatic amines is 2. The third-order valence-electron chi connectivity index (χ3n) is 4.98. The quantitative estimate of drug-likeness (QED) is 0.534. The van der Waals surface area contributed by atoms with Crippen molar-refractivity contribution in [3.63, 3.8) is 0 Å². The van der Waals surface area contributed by atoms with Gasteiger partial charge in [0.2, 0.25) is 11.9 Å². The maximum atomic E-state index is 12.4. The van der Waals surface area contributed by atoms with Crippen molar-refractivity contribution in [3.8, 4) is 0 Å². The fraction of sp³-hybridized carbons (Fsp3) is 0.200. The Labute approximate surface area is 150 Å². The molecule has 0 bridgehead atoms. The van der Waals surface area contributed by atoms with Gasteiger partial charge in [0.1, 0.15) is 0 Å². The molecule has 0 unspecified atom stereocenters. The molecule has 3 N–H and O–H groups in total. The highest BCUT2D eigenvalue weighted by Crippen LogP contribution is 2.27. The Morgan fingerprint density at radius 2 is 1.88 bits per heavy atom. The van der Waals surface area contributed by atoms with E-state index in [1.165, 1.54) is 22.2 Å². The summed E-state index contributed by atoms with van der Waals surface area (Å²) in [5.41, 5.74) is 5.54. The summed E-state index contributed by atoms with van der Waals surface area (Å²) < 4.78 is 0. The number of fused-ring (bicyclic) bond motifs is 4. The fourth-order valence-electron chi connectivity index (χ4n) is 3.77. The summed E-state index contributed by atoms with van der Waals surface area (Å²) in [6, 6.07) is 16.1. The number of H-pyrrole nitrogens is 2. The number of nitrogens with zero attached hydrogens (tertiary/aromatic N) is 2. The summed E-state index contributed by atoms with van der Waals surface area (Å²) in [5, 5.41) is 4.17. The second kappa shape index (κ2) is 6.00. The van der Waals surface area contributed by atoms with Crippen LogP contribution < -0.4 is 5.32 Å². The molecule has 1 amide bonds. The monoisotopic (exact) mass is 345 g/mol. The van der Waals surface area contributed by atoms with Gasteiger partial charge in [0.25, 0.3) is 0 Å². The van der Waals surface area contributed by atoms with Crippen LogP contribution in [-0.4, -0.2) is 38.8 Å². The molecule has 4 aromatic rings. The zero-order valence-corrected chi connectivity index (χ0v) is 14.2. The number of nitrogens with one attached hydrogen (secondary N) is 3. The average Bonchev–Trinajstić information content (AvgIpc) is 3.21. The Hall–Kier alpha value is -3.12. The molecule has 6 nitrogen and oxygen atoms in total. The number of carbonyl (C=O) groups is 1. The predicted molar refractivity (Wildman–Crippen MR) is 102 cm³/mol. The van der Waals surface area contributed by atoms with Crippen LogP contribution in [0.4, 0.5) is 5.95 Å². The molecule has 0 radical (unpaired) electrons. The zero-order valence-electron chi connectivity index (χ0n) is 14.2. The summed E-state index contributed by atoms with van der Waals surface area (Å²) in [6.07, 6.45) is 0.956. The molecule has 1 aliphatic rings. The van der Waals surface area contributed by atoms with Gasteiger partial charge in [0, 0.05) is 29.7 Å². The second-order valence-corrected chi connectivity index (χ2v) is 6.74. The molecule has 0 spiro atoms. The van der Waals surface area contributed by atoms with Crippen molar-refractivity contribution >= 4 is 33.8 Å². The first-order chi connectivity index (χ1) is 12.8. The highest BCUT2D eigenvalue weighted by molar-refractivity contribution is 5.92. The van der Waals surface area contributed by atoms with Crippen molar-refractivity contribution in [2.24, 2.45) is 0 Å². The smallest absolute Gasteiger partial charge is 0.240 e. The molecule has 0 atom stereocenters. The lowest BCUT2D eigenvalue weighted by molar-refractivity contribution is -0.117. The van der Waals surface area contributed by atoms with Crippen LogP contribution in [0.5, 0.6) is 0 Å². The van der Waals surface area contributed by atoms with E-state index in [1.54, 1.807) is 0 Å². The molecule has 0 saturated carbocycles. The first-order valence-electron chi connectivity index (χ1n) is 8.82. The number of hydrogen-bond acceptors (Lipinski definition) is 3. The van der Waals surface area contributed by atoms with Crippen LogP contribution in [0.1, 0.15) is 11.3 Å². The zero-order chi connectivity index (χ0) is 17.5. The molecule has 0 saturated heterocycles. The number of aromatic nitrogens is 3. The van der Waals surface area contributed by atoms with Gasteiger partial charge in [-0.2, -0.15) is 0 Å². The van der Waals surface area contributed by atoms with Crippen molar-refractivity contribution < 1.29 is 4.79 Å². The van der Waals surface area contributed by atoms with Gasteiger partial charge in [-0.05, 0) is 30.2 Å². The molecule has 0 fully saturated rings. The molecule has 2 aromatic carbocycles. The highest BCUT2D eigenvalue weighted by Gasteiger charge is 2.22. The van der Waals surface area contributed by atoms with Crippen molar-refractivity contribution in [2.45, 2.75) is 13.0 Å². The van der Waals surface area contributed by atoms with Crippen LogP contribution in [-0.2, 0) is 17.8 Å². The molecule has 3 heterocycles. The van der Waals surface area contributed by atoms with Gasteiger partial charge in [-0.25, -0.2) is 4.98 Å². The number of carbonyl (C=O) groups excluding carboxylic acids is 1. The van der Waals surface area contributed by atoms with E-state index in [9.17, 15) is 4.79 Å². The van der Waals surface area contributed by atoms with Crippen LogP contribution in [0.15, 0.2) is 48.5 Å². The standard InChI is InChI=1S/C20H19N5O/c26-19(24-20-22-16-7-3-4-8-17(16)23-20)12-25-10-9-14-13-5-1-2-6-15(13)21-18(14)11-25/h1-8,21H,9-12H2,(H2,22,23,24,26). The molecular weight excluding hydrogens is 326 g/mol. The van der Waals surface area contributed by atoms with Crippen LogP contribution in [0, 0.1) is 0 Å². The van der Waals surface area contributed by atoms with Gasteiger partial charge < -0.3 is 9.97 Å². The van der Waals surface area contributed by atoms with Crippen molar-refractivity contribution in [2.75, 3.05) is 18.4 Å². The highest BCUT2D eigenvalue weighted by atomic mass is 16.2. The maximum absolute atomic E-state index is 12.4. The van der Waals surface area contributed by atoms with Crippen LogP contribution in [0.2, 0.25) is 0 Å². The van der Waals surface area contributed by atoms with E-state index in [1.807, 2.05) is 30.3 Å². The Bertz CT molecular complexity index is 1080. The number of imidazole rings is 1. The van der Waals surface area contributed by atoms with E-state index < -0.39 is 0 Å². The summed E-state index contributed by atoms with van der Waals surface area (Å²) in [5.74, 6) is 0.447. The van der Waals surface area contributed by atoms with E-state index in [0.29, 0.717) is 12.5 Å². The minimum Gasteiger partial charge on any atom is -0.357 e. The lowest BCUT2D eigenvalue weighted by atomic mass is 10.0. The Morgan fingerprint density at radius 3 is 2.77 bits per heavy atom. The molecule has 2 aromatic heterocycles. The molecule has 6 heteroatoms. The SMILES string of the molecule is O=C(CN1CCc2c([nH]c3ccccc23)C1)Nc1nc2ccccc2[nH]1. The normalized spacial score (nSPS) is 14.6. The summed E-state index contributed by atoms with van der Waals surface area (Å²) in [7, 11) is 0. The molecule has 5 rings (SSSR count). The number of amides is 1. The summed E-state index contributed by atoms with van der Waals surface area (Å²) in [4.78, 5) is 25.6. The number of benzene rings is 2. The number of rotatable bonds is 3. The molecule has 0 aliphatic carbocycles. The third kappa shape index (κ3) is 2.64. The van der Waals surface area contributed by atoms with E-state index in [2.05, 4.69) is 43.4 Å². The molecule has 130 valence electrons. The largest absolute Gasteiger partial charge is 0.357 e. The summed E-state index contributed by atoms with van der Waals surface area (Å²) >= 11 is 0. The van der Waals surface area contributed by atoms with Gasteiger partial charge in [-0.3, -0.25) is 15.0 Å². The molecule has 26 heavy (non-hydrogen) atoms. The van der Waals surface area contributed by atoms with E-state index in [4.69, 9.17) is 0 Å². The first kappa shape index (κ1) is 15.2. The van der Waals surface area contributed by atoms with Gasteiger partial charge in [0.15, 0.2) is 0 Å². The van der Waals surface area contributed by atoms with Gasteiger partial charge in [0.05, 0.1) is 17.6 Å². The minimum absolute atomic E-state index is 0.0522. The fourth-order valence-corrected chi connectivity index (χ4v) is 3.77. The van der Waals surface area contributed by atoms with Crippen LogP contribution in [0.25, 0.3) is 21.9 Å². The minimum atomic E-state index is -0.0522. The third-order valence-corrected chi connectivity index (χ3v) is 4.98. The topological polar surface area (TPSA) is 76.8 Å². The second-order valence-electron chi connectivity index (χ2n) is 6.74. The molecular formula is C20H19N5O. The Kier molecular flexibility index (Phi) is 3.50. The van der Waals surface area contributed by atoms with Gasteiger partial charge in [-0.1, -0.05) is 30.3 Å². The lowest BCUT2D eigenvalue weighted by Gasteiger charge is -2.26. The number of para-hydroxylation sites is 3. The Morgan fingerprint density at radius 1 is 1.08 bits per heavy atom. The van der Waals surface area contributed by atoms with Crippen molar-refractivity contribution in [1.82, 2.24) is 19.9 Å². The predicted octanol–water partition coefficient (Wildman–Crippen LogP) is 3.04. The van der Waals surface area contributed by atoms with Crippen LogP contribution in [0.3, 0.4) is 0 Å². The van der Waals surface area contributed by atoms with Gasteiger partial charge >= 0.3 is 0 Å².